The highest BCUT2D eigenvalue weighted by Gasteiger charge is 2.24. The maximum atomic E-state index is 11.7. The molecule has 1 amide bonds. The molecule has 5 heteroatoms. The van der Waals surface area contributed by atoms with E-state index in [0.29, 0.717) is 18.3 Å². The first-order chi connectivity index (χ1) is 12.2. The van der Waals surface area contributed by atoms with Crippen LogP contribution in [0.5, 0.6) is 11.5 Å². The fourth-order valence-corrected chi connectivity index (χ4v) is 2.30. The van der Waals surface area contributed by atoms with Crippen LogP contribution in [0.3, 0.4) is 0 Å². The Balaban J connectivity index is 1.41. The summed E-state index contributed by atoms with van der Waals surface area (Å²) < 4.78 is 11.2. The maximum absolute atomic E-state index is 11.7. The van der Waals surface area contributed by atoms with Gasteiger partial charge in [0.1, 0.15) is 18.1 Å². The molecule has 1 N–H and O–H groups in total. The van der Waals surface area contributed by atoms with Crippen LogP contribution in [-0.2, 0) is 11.4 Å². The summed E-state index contributed by atoms with van der Waals surface area (Å²) in [5, 5.41) is 4.08. The summed E-state index contributed by atoms with van der Waals surface area (Å²) in [5.41, 5.74) is 4.62. The van der Waals surface area contributed by atoms with Crippen LogP contribution in [0.2, 0.25) is 0 Å². The number of nitrogens with zero attached hydrogens (tertiary/aromatic N) is 1. The summed E-state index contributed by atoms with van der Waals surface area (Å²) in [6.45, 7) is 2.39. The molecule has 1 aliphatic carbocycles. The highest BCUT2D eigenvalue weighted by atomic mass is 16.5. The van der Waals surface area contributed by atoms with E-state index in [4.69, 9.17) is 9.47 Å². The Morgan fingerprint density at radius 3 is 2.32 bits per heavy atom. The standard InChI is InChI=1S/C20H22N2O3/c1-15(17-7-8-17)21-22-20(23)14-25-19-11-9-18(10-12-19)24-13-16-5-3-2-4-6-16/h2-6,9-12,17H,7-8,13-14H2,1H3,(H,22,23)/b21-15+. The molecule has 0 radical (unpaired) electrons. The van der Waals surface area contributed by atoms with E-state index in [1.807, 2.05) is 49.4 Å². The number of hydrogen-bond donors (Lipinski definition) is 1. The molecule has 3 rings (SSSR count). The molecule has 0 spiro atoms. The molecule has 0 aliphatic heterocycles. The van der Waals surface area contributed by atoms with Gasteiger partial charge >= 0.3 is 0 Å². The molecular weight excluding hydrogens is 316 g/mol. The van der Waals surface area contributed by atoms with Crippen molar-refractivity contribution in [2.75, 3.05) is 6.61 Å². The van der Waals surface area contributed by atoms with Gasteiger partial charge in [-0.3, -0.25) is 4.79 Å². The molecule has 2 aromatic carbocycles. The smallest absolute Gasteiger partial charge is 0.277 e. The zero-order valence-electron chi connectivity index (χ0n) is 14.3. The van der Waals surface area contributed by atoms with Crippen LogP contribution in [0.4, 0.5) is 0 Å². The van der Waals surface area contributed by atoms with Gasteiger partial charge in [0.05, 0.1) is 0 Å². The van der Waals surface area contributed by atoms with Crippen LogP contribution in [0, 0.1) is 5.92 Å². The molecule has 0 heterocycles. The quantitative estimate of drug-likeness (QED) is 0.591. The van der Waals surface area contributed by atoms with Crippen molar-refractivity contribution in [3.8, 4) is 11.5 Å². The number of carbonyl (C=O) groups is 1. The van der Waals surface area contributed by atoms with Gasteiger partial charge in [0.15, 0.2) is 6.61 Å². The van der Waals surface area contributed by atoms with E-state index in [1.54, 1.807) is 12.1 Å². The Hall–Kier alpha value is -2.82. The SMILES string of the molecule is C/C(=N\NC(=O)COc1ccc(OCc2ccccc2)cc1)C1CC1. The number of hydrazone groups is 1. The van der Waals surface area contributed by atoms with Crippen molar-refractivity contribution in [3.63, 3.8) is 0 Å². The molecule has 0 aromatic heterocycles. The summed E-state index contributed by atoms with van der Waals surface area (Å²) >= 11 is 0. The Kier molecular flexibility index (Phi) is 5.67. The fourth-order valence-electron chi connectivity index (χ4n) is 2.30. The molecular formula is C20H22N2O3. The first-order valence-corrected chi connectivity index (χ1v) is 8.43. The largest absolute Gasteiger partial charge is 0.489 e. The first-order valence-electron chi connectivity index (χ1n) is 8.43. The minimum absolute atomic E-state index is 0.0638. The van der Waals surface area contributed by atoms with Crippen LogP contribution in [0.1, 0.15) is 25.3 Å². The minimum atomic E-state index is -0.260. The maximum Gasteiger partial charge on any atom is 0.277 e. The average Bonchev–Trinajstić information content (AvgIpc) is 3.50. The third-order valence-corrected chi connectivity index (χ3v) is 3.97. The minimum Gasteiger partial charge on any atom is -0.489 e. The highest BCUT2D eigenvalue weighted by molar-refractivity contribution is 5.88. The van der Waals surface area contributed by atoms with E-state index in [2.05, 4.69) is 10.5 Å². The molecule has 0 unspecified atom stereocenters. The first kappa shape index (κ1) is 17.0. The number of nitrogens with one attached hydrogen (secondary N) is 1. The zero-order chi connectivity index (χ0) is 17.5. The third kappa shape index (κ3) is 5.64. The van der Waals surface area contributed by atoms with Gasteiger partial charge in [-0.2, -0.15) is 5.10 Å². The van der Waals surface area contributed by atoms with E-state index in [-0.39, 0.29) is 12.5 Å². The lowest BCUT2D eigenvalue weighted by atomic mass is 10.2. The van der Waals surface area contributed by atoms with Crippen LogP contribution in [0.25, 0.3) is 0 Å². The lowest BCUT2D eigenvalue weighted by molar-refractivity contribution is -0.123. The summed E-state index contributed by atoms with van der Waals surface area (Å²) in [5.74, 6) is 1.66. The molecule has 130 valence electrons. The second kappa shape index (κ2) is 8.33. The second-order valence-electron chi connectivity index (χ2n) is 6.10. The molecule has 0 bridgehead atoms. The molecule has 1 saturated carbocycles. The van der Waals surface area contributed by atoms with Crippen LogP contribution in [-0.4, -0.2) is 18.2 Å². The molecule has 2 aromatic rings. The summed E-state index contributed by atoms with van der Waals surface area (Å²) in [4.78, 5) is 11.7. The van der Waals surface area contributed by atoms with Crippen molar-refractivity contribution in [2.24, 2.45) is 11.0 Å². The van der Waals surface area contributed by atoms with E-state index in [0.717, 1.165) is 17.0 Å². The van der Waals surface area contributed by atoms with Crippen LogP contribution >= 0.6 is 0 Å². The molecule has 0 saturated heterocycles. The Bertz CT molecular complexity index is 722. The Morgan fingerprint density at radius 1 is 1.04 bits per heavy atom. The molecule has 1 fully saturated rings. The number of rotatable bonds is 8. The second-order valence-corrected chi connectivity index (χ2v) is 6.10. The van der Waals surface area contributed by atoms with Crippen molar-refractivity contribution < 1.29 is 14.3 Å². The van der Waals surface area contributed by atoms with Gasteiger partial charge < -0.3 is 9.47 Å². The van der Waals surface area contributed by atoms with Gasteiger partial charge in [-0.15, -0.1) is 0 Å². The average molecular weight is 338 g/mol. The van der Waals surface area contributed by atoms with E-state index in [9.17, 15) is 4.79 Å². The van der Waals surface area contributed by atoms with Crippen molar-refractivity contribution in [1.29, 1.82) is 0 Å². The molecule has 1 aliphatic rings. The molecule has 5 nitrogen and oxygen atoms in total. The third-order valence-electron chi connectivity index (χ3n) is 3.97. The van der Waals surface area contributed by atoms with Gasteiger partial charge in [-0.25, -0.2) is 5.43 Å². The lowest BCUT2D eigenvalue weighted by Crippen LogP contribution is -2.25. The van der Waals surface area contributed by atoms with Crippen molar-refractivity contribution in [3.05, 3.63) is 60.2 Å². The number of benzene rings is 2. The number of ether oxygens (including phenoxy) is 2. The van der Waals surface area contributed by atoms with Crippen molar-refractivity contribution in [1.82, 2.24) is 5.43 Å². The monoisotopic (exact) mass is 338 g/mol. The Morgan fingerprint density at radius 2 is 1.68 bits per heavy atom. The molecule has 25 heavy (non-hydrogen) atoms. The van der Waals surface area contributed by atoms with Gasteiger partial charge in [-0.1, -0.05) is 30.3 Å². The number of amides is 1. The van der Waals surface area contributed by atoms with Crippen molar-refractivity contribution in [2.45, 2.75) is 26.4 Å². The topological polar surface area (TPSA) is 59.9 Å². The zero-order valence-corrected chi connectivity index (χ0v) is 14.3. The summed E-state index contributed by atoms with van der Waals surface area (Å²) in [6, 6.07) is 17.2. The summed E-state index contributed by atoms with van der Waals surface area (Å²) in [6.07, 6.45) is 2.33. The summed E-state index contributed by atoms with van der Waals surface area (Å²) in [7, 11) is 0. The van der Waals surface area contributed by atoms with Gasteiger partial charge in [0, 0.05) is 5.71 Å². The predicted molar refractivity (Wildman–Crippen MR) is 96.7 cm³/mol. The number of carbonyl (C=O) groups excluding carboxylic acids is 1. The number of hydrogen-bond acceptors (Lipinski definition) is 4. The lowest BCUT2D eigenvalue weighted by Gasteiger charge is -2.08. The van der Waals surface area contributed by atoms with Gasteiger partial charge in [0.25, 0.3) is 5.91 Å². The van der Waals surface area contributed by atoms with E-state index >= 15 is 0 Å². The predicted octanol–water partition coefficient (Wildman–Crippen LogP) is 3.55. The van der Waals surface area contributed by atoms with Crippen LogP contribution < -0.4 is 14.9 Å². The van der Waals surface area contributed by atoms with Crippen molar-refractivity contribution >= 4 is 11.6 Å². The normalized spacial score (nSPS) is 14.0. The fraction of sp³-hybridized carbons (Fsp3) is 0.300. The Labute approximate surface area is 147 Å². The van der Waals surface area contributed by atoms with Gasteiger partial charge in [-0.05, 0) is 55.5 Å². The van der Waals surface area contributed by atoms with Crippen LogP contribution in [0.15, 0.2) is 59.7 Å². The van der Waals surface area contributed by atoms with E-state index < -0.39 is 0 Å². The van der Waals surface area contributed by atoms with E-state index in [1.165, 1.54) is 12.8 Å². The van der Waals surface area contributed by atoms with Gasteiger partial charge in [0.2, 0.25) is 0 Å². The molecule has 0 atom stereocenters. The highest BCUT2D eigenvalue weighted by Crippen LogP contribution is 2.30.